The molecule has 0 unspecified atom stereocenters. The molecule has 0 radical (unpaired) electrons. The largest absolute Gasteiger partial charge is 0.488 e. The molecule has 1 aromatic heterocycles. The minimum Gasteiger partial charge on any atom is -0.463 e. The molecule has 0 spiro atoms. The fourth-order valence-corrected chi connectivity index (χ4v) is 1.41. The molecule has 1 heterocycles. The molecule has 2 N–H and O–H groups in total. The summed E-state index contributed by atoms with van der Waals surface area (Å²) >= 11 is 0. The van der Waals surface area contributed by atoms with Crippen molar-refractivity contribution in [1.82, 2.24) is 0 Å². The summed E-state index contributed by atoms with van der Waals surface area (Å²) in [5, 5.41) is 18.6. The lowest BCUT2D eigenvalue weighted by Gasteiger charge is -1.97. The van der Waals surface area contributed by atoms with Crippen LogP contribution in [-0.4, -0.2) is 30.2 Å². The van der Waals surface area contributed by atoms with Gasteiger partial charge in [0.1, 0.15) is 5.58 Å². The summed E-state index contributed by atoms with van der Waals surface area (Å²) in [5.74, 6) is -0.482. The highest BCUT2D eigenvalue weighted by atomic mass is 16.5. The van der Waals surface area contributed by atoms with Crippen molar-refractivity contribution in [3.63, 3.8) is 0 Å². The number of furan rings is 1. The summed E-state index contributed by atoms with van der Waals surface area (Å²) in [6.07, 6.45) is 0. The molecule has 0 fully saturated rings. The van der Waals surface area contributed by atoms with Gasteiger partial charge in [-0.15, -0.1) is 0 Å². The monoisotopic (exact) mass is 220 g/mol. The Morgan fingerprint density at radius 3 is 2.75 bits per heavy atom. The predicted molar refractivity (Wildman–Crippen MR) is 57.4 cm³/mol. The van der Waals surface area contributed by atoms with E-state index in [1.54, 1.807) is 12.1 Å². The quantitative estimate of drug-likeness (QED) is 0.545. The second kappa shape index (κ2) is 4.00. The van der Waals surface area contributed by atoms with E-state index in [4.69, 9.17) is 14.5 Å². The number of esters is 1. The molecular weight excluding hydrogens is 211 g/mol. The summed E-state index contributed by atoms with van der Waals surface area (Å²) in [6, 6.07) is 6.19. The van der Waals surface area contributed by atoms with Gasteiger partial charge in [-0.25, -0.2) is 4.79 Å². The number of hydrogen-bond acceptors (Lipinski definition) is 5. The summed E-state index contributed by atoms with van der Waals surface area (Å²) in [5.41, 5.74) is 0.712. The van der Waals surface area contributed by atoms with Crippen LogP contribution in [0, 0.1) is 0 Å². The van der Waals surface area contributed by atoms with E-state index in [2.05, 4.69) is 4.74 Å². The van der Waals surface area contributed by atoms with Crippen LogP contribution in [-0.2, 0) is 4.74 Å². The first kappa shape index (κ1) is 10.7. The minimum absolute atomic E-state index is 0.0853. The number of carbonyl (C=O) groups excluding carboxylic acids is 1. The number of fused-ring (bicyclic) bond motifs is 1. The van der Waals surface area contributed by atoms with Crippen molar-refractivity contribution >= 4 is 29.5 Å². The highest BCUT2D eigenvalue weighted by Crippen LogP contribution is 2.18. The van der Waals surface area contributed by atoms with Gasteiger partial charge in [0.15, 0.2) is 0 Å². The van der Waals surface area contributed by atoms with Gasteiger partial charge >= 0.3 is 13.1 Å². The molecule has 5 nitrogen and oxygen atoms in total. The number of carbonyl (C=O) groups is 1. The van der Waals surface area contributed by atoms with E-state index in [1.165, 1.54) is 19.2 Å². The Balaban J connectivity index is 2.50. The zero-order chi connectivity index (χ0) is 11.7. The van der Waals surface area contributed by atoms with E-state index < -0.39 is 13.1 Å². The van der Waals surface area contributed by atoms with Gasteiger partial charge < -0.3 is 19.2 Å². The summed E-state index contributed by atoms with van der Waals surface area (Å²) in [7, 11) is -0.297. The SMILES string of the molecule is COC(=O)c1cc2ccc(B(O)O)cc2o1. The first-order valence-electron chi connectivity index (χ1n) is 4.60. The van der Waals surface area contributed by atoms with Crippen LogP contribution >= 0.6 is 0 Å². The van der Waals surface area contributed by atoms with Crippen LogP contribution in [0.15, 0.2) is 28.7 Å². The zero-order valence-corrected chi connectivity index (χ0v) is 8.51. The van der Waals surface area contributed by atoms with Gasteiger partial charge in [-0.1, -0.05) is 12.1 Å². The normalized spacial score (nSPS) is 10.4. The maximum absolute atomic E-state index is 11.2. The lowest BCUT2D eigenvalue weighted by molar-refractivity contribution is 0.0567. The lowest BCUT2D eigenvalue weighted by atomic mass is 9.80. The van der Waals surface area contributed by atoms with Crippen molar-refractivity contribution in [2.24, 2.45) is 0 Å². The molecule has 6 heteroatoms. The molecular formula is C10H9BO5. The highest BCUT2D eigenvalue weighted by Gasteiger charge is 2.15. The Morgan fingerprint density at radius 1 is 1.38 bits per heavy atom. The Hall–Kier alpha value is -1.79. The van der Waals surface area contributed by atoms with E-state index in [0.717, 1.165) is 0 Å². The topological polar surface area (TPSA) is 79.9 Å². The zero-order valence-electron chi connectivity index (χ0n) is 8.51. The Labute approximate surface area is 91.4 Å². The molecule has 0 aliphatic carbocycles. The molecule has 0 bridgehead atoms. The summed E-state index contributed by atoms with van der Waals surface area (Å²) in [4.78, 5) is 11.2. The van der Waals surface area contributed by atoms with Crippen molar-refractivity contribution in [2.45, 2.75) is 0 Å². The average molecular weight is 220 g/mol. The van der Waals surface area contributed by atoms with E-state index in [-0.39, 0.29) is 5.76 Å². The smallest absolute Gasteiger partial charge is 0.463 e. The molecule has 1 aromatic carbocycles. The predicted octanol–water partition coefficient (Wildman–Crippen LogP) is -0.101. The molecule has 0 aliphatic heterocycles. The van der Waals surface area contributed by atoms with Crippen LogP contribution in [0.3, 0.4) is 0 Å². The van der Waals surface area contributed by atoms with E-state index in [1.807, 2.05) is 0 Å². The van der Waals surface area contributed by atoms with Gasteiger partial charge in [0, 0.05) is 5.39 Å². The third-order valence-corrected chi connectivity index (χ3v) is 2.23. The molecule has 0 amide bonds. The first-order chi connectivity index (χ1) is 7.61. The van der Waals surface area contributed by atoms with E-state index in [9.17, 15) is 4.79 Å². The number of ether oxygens (including phenoxy) is 1. The van der Waals surface area contributed by atoms with Crippen LogP contribution in [0.4, 0.5) is 0 Å². The Morgan fingerprint density at radius 2 is 2.12 bits per heavy atom. The number of hydrogen-bond donors (Lipinski definition) is 2. The van der Waals surface area contributed by atoms with Gasteiger partial charge in [0.25, 0.3) is 0 Å². The van der Waals surface area contributed by atoms with Gasteiger partial charge in [-0.3, -0.25) is 0 Å². The van der Waals surface area contributed by atoms with Crippen molar-refractivity contribution < 1.29 is 24.0 Å². The maximum atomic E-state index is 11.2. The van der Waals surface area contributed by atoms with Crippen LogP contribution in [0.1, 0.15) is 10.6 Å². The molecule has 2 rings (SSSR count). The molecule has 16 heavy (non-hydrogen) atoms. The van der Waals surface area contributed by atoms with Crippen molar-refractivity contribution in [3.05, 3.63) is 30.0 Å². The van der Waals surface area contributed by atoms with E-state index >= 15 is 0 Å². The van der Waals surface area contributed by atoms with Crippen molar-refractivity contribution in [3.8, 4) is 0 Å². The number of rotatable bonds is 2. The lowest BCUT2D eigenvalue weighted by Crippen LogP contribution is -2.29. The second-order valence-corrected chi connectivity index (χ2v) is 3.27. The van der Waals surface area contributed by atoms with Crippen molar-refractivity contribution in [1.29, 1.82) is 0 Å². The summed E-state index contributed by atoms with van der Waals surface area (Å²) in [6.45, 7) is 0. The fourth-order valence-electron chi connectivity index (χ4n) is 1.41. The first-order valence-corrected chi connectivity index (χ1v) is 4.60. The minimum atomic E-state index is -1.56. The number of methoxy groups -OCH3 is 1. The maximum Gasteiger partial charge on any atom is 0.488 e. The van der Waals surface area contributed by atoms with Gasteiger partial charge in [0.2, 0.25) is 5.76 Å². The fraction of sp³-hybridized carbons (Fsp3) is 0.100. The molecule has 82 valence electrons. The van der Waals surface area contributed by atoms with Gasteiger partial charge in [-0.05, 0) is 17.6 Å². The van der Waals surface area contributed by atoms with Crippen LogP contribution in [0.25, 0.3) is 11.0 Å². The third-order valence-electron chi connectivity index (χ3n) is 2.23. The Bertz CT molecular complexity index is 531. The highest BCUT2D eigenvalue weighted by molar-refractivity contribution is 6.58. The average Bonchev–Trinajstić information content (AvgIpc) is 2.70. The molecule has 2 aromatic rings. The van der Waals surface area contributed by atoms with Crippen LogP contribution in [0.5, 0.6) is 0 Å². The summed E-state index contributed by atoms with van der Waals surface area (Å²) < 4.78 is 9.73. The van der Waals surface area contributed by atoms with Crippen molar-refractivity contribution in [2.75, 3.05) is 7.11 Å². The van der Waals surface area contributed by atoms with E-state index in [0.29, 0.717) is 16.4 Å². The van der Waals surface area contributed by atoms with Crippen LogP contribution < -0.4 is 5.46 Å². The Kier molecular flexibility index (Phi) is 2.68. The van der Waals surface area contributed by atoms with Gasteiger partial charge in [0.05, 0.1) is 7.11 Å². The third kappa shape index (κ3) is 1.80. The second-order valence-electron chi connectivity index (χ2n) is 3.27. The molecule has 0 atom stereocenters. The van der Waals surface area contributed by atoms with Gasteiger partial charge in [-0.2, -0.15) is 0 Å². The molecule has 0 saturated heterocycles. The van der Waals surface area contributed by atoms with Crippen LogP contribution in [0.2, 0.25) is 0 Å². The molecule has 0 aliphatic rings. The molecule has 0 saturated carbocycles. The number of benzene rings is 1. The standard InChI is InChI=1S/C10H9BO5/c1-15-10(12)9-4-6-2-3-7(11(13)14)5-8(6)16-9/h2-5,13-14H,1H3.